The highest BCUT2D eigenvalue weighted by atomic mass is 79.9. The van der Waals surface area contributed by atoms with Gasteiger partial charge in [-0.25, -0.2) is 0 Å². The number of Topliss-reactive ketones (excluding diaryl/α,β-unsaturated/α-hetero) is 4. The Kier molecular flexibility index (Phi) is 10.1. The van der Waals surface area contributed by atoms with E-state index in [9.17, 15) is 19.2 Å². The Labute approximate surface area is 246 Å². The van der Waals surface area contributed by atoms with E-state index in [1.807, 2.05) is 36.4 Å². The molecule has 0 spiro atoms. The van der Waals surface area contributed by atoms with E-state index in [4.69, 9.17) is 21.5 Å². The minimum Gasteiger partial charge on any atom is -0.423 e. The van der Waals surface area contributed by atoms with Crippen molar-refractivity contribution in [2.45, 2.75) is 20.3 Å². The van der Waals surface area contributed by atoms with Gasteiger partial charge in [-0.2, -0.15) is 0 Å². The van der Waals surface area contributed by atoms with Gasteiger partial charge in [0, 0.05) is 27.0 Å². The third kappa shape index (κ3) is 6.68. The van der Waals surface area contributed by atoms with Crippen molar-refractivity contribution >= 4 is 63.0 Å². The lowest BCUT2D eigenvalue weighted by atomic mass is 9.81. The highest BCUT2D eigenvalue weighted by Gasteiger charge is 2.32. The molecule has 0 aliphatic heterocycles. The highest BCUT2D eigenvalue weighted by Crippen LogP contribution is 2.36. The van der Waals surface area contributed by atoms with Gasteiger partial charge in [0.2, 0.25) is 0 Å². The number of halogens is 1. The zero-order chi connectivity index (χ0) is 29.0. The fourth-order valence-corrected chi connectivity index (χ4v) is 5.06. The molecule has 6 N–H and O–H groups in total. The summed E-state index contributed by atoms with van der Waals surface area (Å²) in [5, 5.41) is 17.2. The molecular weight excluding hydrogens is 587 g/mol. The molecule has 0 atom stereocenters. The Morgan fingerprint density at radius 2 is 1.02 bits per heavy atom. The maximum absolute atomic E-state index is 11.9. The number of benzene rings is 4. The predicted octanol–water partition coefficient (Wildman–Crippen LogP) is 4.51. The SMILES string of the molecule is C.Nc1ccc(-c2ccccc2)c2c1C(=O)CC2=O.Nc1ccc(Br)c2c1C(=O)CC2=O.OB(O)c1ccccc1. The van der Waals surface area contributed by atoms with Crippen LogP contribution >= 0.6 is 15.9 Å². The number of carbonyl (C=O) groups excluding carboxylic acids is 4. The zero-order valence-corrected chi connectivity index (χ0v) is 22.7. The molecule has 0 aromatic heterocycles. The molecule has 4 aromatic rings. The van der Waals surface area contributed by atoms with Gasteiger partial charge >= 0.3 is 7.12 Å². The van der Waals surface area contributed by atoms with E-state index in [-0.39, 0.29) is 43.4 Å². The van der Waals surface area contributed by atoms with E-state index in [0.29, 0.717) is 43.6 Å². The van der Waals surface area contributed by atoms with Crippen LogP contribution in [0.4, 0.5) is 11.4 Å². The van der Waals surface area contributed by atoms with Crippen molar-refractivity contribution in [3.63, 3.8) is 0 Å². The molecule has 10 heteroatoms. The topological polar surface area (TPSA) is 161 Å². The molecule has 0 saturated carbocycles. The van der Waals surface area contributed by atoms with Crippen molar-refractivity contribution in [1.82, 2.24) is 0 Å². The molecule has 0 amide bonds. The molecule has 6 rings (SSSR count). The fourth-order valence-electron chi connectivity index (χ4n) is 4.50. The van der Waals surface area contributed by atoms with Crippen LogP contribution in [-0.2, 0) is 0 Å². The number of nitrogen functional groups attached to an aromatic ring is 2. The molecule has 8 nitrogen and oxygen atoms in total. The molecule has 4 aromatic carbocycles. The van der Waals surface area contributed by atoms with E-state index in [1.54, 1.807) is 48.5 Å². The van der Waals surface area contributed by atoms with Crippen LogP contribution in [0.1, 0.15) is 61.7 Å². The van der Waals surface area contributed by atoms with Gasteiger partial charge in [-0.3, -0.25) is 19.2 Å². The Morgan fingerprint density at radius 3 is 1.51 bits per heavy atom. The quantitative estimate of drug-likeness (QED) is 0.146. The molecule has 0 fully saturated rings. The molecule has 0 unspecified atom stereocenters. The normalized spacial score (nSPS) is 12.8. The maximum atomic E-state index is 11.9. The van der Waals surface area contributed by atoms with Crippen molar-refractivity contribution in [2.75, 3.05) is 11.5 Å². The van der Waals surface area contributed by atoms with E-state index in [2.05, 4.69) is 15.9 Å². The van der Waals surface area contributed by atoms with Gasteiger partial charge < -0.3 is 21.5 Å². The zero-order valence-electron chi connectivity index (χ0n) is 21.1. The van der Waals surface area contributed by atoms with Gasteiger partial charge in [0.15, 0.2) is 23.1 Å². The monoisotopic (exact) mass is 614 g/mol. The van der Waals surface area contributed by atoms with Gasteiger partial charge in [-0.15, -0.1) is 0 Å². The molecule has 2 aliphatic rings. The second-order valence-corrected chi connectivity index (χ2v) is 9.89. The highest BCUT2D eigenvalue weighted by molar-refractivity contribution is 9.10. The third-order valence-electron chi connectivity index (χ3n) is 6.36. The lowest BCUT2D eigenvalue weighted by Crippen LogP contribution is -2.29. The lowest BCUT2D eigenvalue weighted by Gasteiger charge is -2.08. The first-order valence-electron chi connectivity index (χ1n) is 12.2. The van der Waals surface area contributed by atoms with Crippen molar-refractivity contribution in [2.24, 2.45) is 0 Å². The summed E-state index contributed by atoms with van der Waals surface area (Å²) in [5.41, 5.74) is 16.1. The van der Waals surface area contributed by atoms with E-state index in [1.165, 1.54) is 0 Å². The lowest BCUT2D eigenvalue weighted by molar-refractivity contribution is 0.0907. The standard InChI is InChI=1S/C15H11NO2.C9H6BrNO2.C6H7BO2.CH4/c16-11-7-6-10(9-4-2-1-3-5-9)14-12(17)8-13(18)15(11)14;10-4-1-2-5(11)9-7(13)3-6(12)8(4)9;8-7(9)6-4-2-1-3-5-6;/h1-7H,8,16H2;1-2H,3,11H2;1-5,8-9H;1H4. The third-order valence-corrected chi connectivity index (χ3v) is 7.03. The summed E-state index contributed by atoms with van der Waals surface area (Å²) in [6.45, 7) is 0. The summed E-state index contributed by atoms with van der Waals surface area (Å²) in [6.07, 6.45) is -0.120. The summed E-state index contributed by atoms with van der Waals surface area (Å²) in [4.78, 5) is 46.4. The van der Waals surface area contributed by atoms with E-state index >= 15 is 0 Å². The van der Waals surface area contributed by atoms with Crippen LogP contribution in [0.2, 0.25) is 0 Å². The summed E-state index contributed by atoms with van der Waals surface area (Å²) < 4.78 is 0.646. The Bertz CT molecular complexity index is 1590. The van der Waals surface area contributed by atoms with Gasteiger partial charge in [0.25, 0.3) is 0 Å². The minimum atomic E-state index is -1.34. The molecule has 0 heterocycles. The first-order valence-corrected chi connectivity index (χ1v) is 13.0. The first-order chi connectivity index (χ1) is 19.1. The number of anilines is 2. The fraction of sp³-hybridized carbons (Fsp3) is 0.0968. The molecule has 0 radical (unpaired) electrons. The van der Waals surface area contributed by atoms with E-state index < -0.39 is 7.12 Å². The van der Waals surface area contributed by atoms with Crippen molar-refractivity contribution in [3.8, 4) is 11.1 Å². The predicted molar refractivity (Wildman–Crippen MR) is 164 cm³/mol. The van der Waals surface area contributed by atoms with Crippen molar-refractivity contribution in [3.05, 3.63) is 112 Å². The smallest absolute Gasteiger partial charge is 0.423 e. The second-order valence-electron chi connectivity index (χ2n) is 9.04. The van der Waals surface area contributed by atoms with Gasteiger partial charge in [0.05, 0.1) is 24.0 Å². The molecule has 0 bridgehead atoms. The number of fused-ring (bicyclic) bond motifs is 2. The molecular formula is C31H28BBrN2O6. The van der Waals surface area contributed by atoms with Gasteiger partial charge in [-0.05, 0) is 34.8 Å². The number of ketones is 4. The second kappa shape index (κ2) is 13.3. The maximum Gasteiger partial charge on any atom is 0.488 e. The number of rotatable bonds is 2. The van der Waals surface area contributed by atoms with Crippen LogP contribution in [0.25, 0.3) is 11.1 Å². The summed E-state index contributed by atoms with van der Waals surface area (Å²) >= 11 is 3.22. The van der Waals surface area contributed by atoms with Crippen LogP contribution in [0, 0.1) is 0 Å². The van der Waals surface area contributed by atoms with Gasteiger partial charge in [0.1, 0.15) is 0 Å². The molecule has 2 aliphatic carbocycles. The minimum absolute atomic E-state index is 0. The van der Waals surface area contributed by atoms with Crippen LogP contribution < -0.4 is 16.9 Å². The Balaban J connectivity index is 0.000000177. The Morgan fingerprint density at radius 1 is 0.585 bits per heavy atom. The summed E-state index contributed by atoms with van der Waals surface area (Å²) in [6, 6.07) is 25.0. The van der Waals surface area contributed by atoms with Crippen LogP contribution in [0.5, 0.6) is 0 Å². The van der Waals surface area contributed by atoms with Crippen molar-refractivity contribution in [1.29, 1.82) is 0 Å². The summed E-state index contributed by atoms with van der Waals surface area (Å²) in [5.74, 6) is -0.649. The average Bonchev–Trinajstić information content (AvgIpc) is 3.43. The van der Waals surface area contributed by atoms with Crippen LogP contribution in [-0.4, -0.2) is 40.3 Å². The number of nitrogens with two attached hydrogens (primary N) is 2. The largest absolute Gasteiger partial charge is 0.488 e. The summed E-state index contributed by atoms with van der Waals surface area (Å²) in [7, 11) is -1.34. The average molecular weight is 615 g/mol. The first kappa shape index (κ1) is 31.2. The Hall–Kier alpha value is -4.38. The van der Waals surface area contributed by atoms with Gasteiger partial charge in [-0.1, -0.05) is 90.1 Å². The number of carbonyl (C=O) groups is 4. The number of hydrogen-bond donors (Lipinski definition) is 4. The van der Waals surface area contributed by atoms with E-state index in [0.717, 1.165) is 11.1 Å². The molecule has 0 saturated heterocycles. The molecule has 208 valence electrons. The van der Waals surface area contributed by atoms with Crippen LogP contribution in [0.15, 0.2) is 89.4 Å². The number of hydrogen-bond acceptors (Lipinski definition) is 8. The molecule has 41 heavy (non-hydrogen) atoms. The van der Waals surface area contributed by atoms with Crippen LogP contribution in [0.3, 0.4) is 0 Å². The van der Waals surface area contributed by atoms with Crippen molar-refractivity contribution < 1.29 is 29.2 Å².